The van der Waals surface area contributed by atoms with Gasteiger partial charge in [-0.15, -0.1) is 0 Å². The van der Waals surface area contributed by atoms with Crippen LogP contribution >= 0.6 is 0 Å². The Labute approximate surface area is 263 Å². The van der Waals surface area contributed by atoms with Crippen LogP contribution in [0.3, 0.4) is 0 Å². The lowest BCUT2D eigenvalue weighted by molar-refractivity contribution is -0.385. The molecular formula is C33H31N3O10. The summed E-state index contributed by atoms with van der Waals surface area (Å²) in [6.07, 6.45) is -0.606. The topological polar surface area (TPSA) is 178 Å². The van der Waals surface area contributed by atoms with Gasteiger partial charge in [-0.05, 0) is 49.9 Å². The normalized spacial score (nSPS) is 16.5. The molecule has 46 heavy (non-hydrogen) atoms. The summed E-state index contributed by atoms with van der Waals surface area (Å²) in [7, 11) is 1.20. The molecule has 0 saturated carbocycles. The van der Waals surface area contributed by atoms with E-state index in [0.717, 1.165) is 0 Å². The molecule has 3 atom stereocenters. The number of rotatable bonds is 12. The lowest BCUT2D eigenvalue weighted by atomic mass is 9.75. The average molecular weight is 630 g/mol. The molecule has 13 heteroatoms. The maximum absolute atomic E-state index is 13.6. The fraction of sp³-hybridized carbons (Fsp3) is 0.273. The van der Waals surface area contributed by atoms with Crippen LogP contribution in [0.4, 0.5) is 11.4 Å². The SMILES string of the molecule is CCOC(=O)C1=C(CCC(OC(=O)c2ccc([N+](=O)[O-])cc2)c2ccccc2)N=C(C)C(C(=O)OC)C1c1cccc([N+](=O)[O-])c1. The van der Waals surface area contributed by atoms with Gasteiger partial charge in [0, 0.05) is 35.9 Å². The van der Waals surface area contributed by atoms with Crippen LogP contribution in [0.2, 0.25) is 0 Å². The minimum atomic E-state index is -1.07. The number of ether oxygens (including phenoxy) is 3. The summed E-state index contributed by atoms with van der Waals surface area (Å²) >= 11 is 0. The van der Waals surface area contributed by atoms with Gasteiger partial charge in [-0.2, -0.15) is 0 Å². The molecule has 0 aromatic heterocycles. The standard InChI is InChI=1S/C33H31N3O10/c1-4-45-33(39)30-26(34-20(2)28(32(38)44-3)29(30)23-11-8-12-25(19-23)36(42)43)17-18-27(21-9-6-5-7-10-21)46-31(37)22-13-15-24(16-14-22)35(40)41/h5-16,19,27-29H,4,17-18H2,1-3H3. The summed E-state index contributed by atoms with van der Waals surface area (Å²) in [5, 5.41) is 22.7. The highest BCUT2D eigenvalue weighted by molar-refractivity contribution is 6.07. The number of carbonyl (C=O) groups excluding carboxylic acids is 3. The van der Waals surface area contributed by atoms with Crippen LogP contribution < -0.4 is 0 Å². The zero-order valence-corrected chi connectivity index (χ0v) is 25.3. The Kier molecular flexibility index (Phi) is 10.7. The number of nitro groups is 2. The molecule has 0 N–H and O–H groups in total. The molecule has 3 aromatic rings. The van der Waals surface area contributed by atoms with Crippen LogP contribution in [-0.2, 0) is 23.8 Å². The zero-order valence-electron chi connectivity index (χ0n) is 25.3. The van der Waals surface area contributed by atoms with Crippen molar-refractivity contribution >= 4 is 35.0 Å². The molecule has 3 unspecified atom stereocenters. The van der Waals surface area contributed by atoms with E-state index in [9.17, 15) is 34.6 Å². The Morgan fingerprint density at radius 3 is 2.17 bits per heavy atom. The number of methoxy groups -OCH3 is 1. The van der Waals surface area contributed by atoms with Gasteiger partial charge >= 0.3 is 17.9 Å². The van der Waals surface area contributed by atoms with E-state index < -0.39 is 45.7 Å². The predicted octanol–water partition coefficient (Wildman–Crippen LogP) is 6.05. The zero-order chi connectivity index (χ0) is 33.4. The summed E-state index contributed by atoms with van der Waals surface area (Å²) in [6.45, 7) is 3.25. The van der Waals surface area contributed by atoms with E-state index in [1.54, 1.807) is 50.2 Å². The van der Waals surface area contributed by atoms with Crippen LogP contribution in [0, 0.1) is 26.1 Å². The van der Waals surface area contributed by atoms with Crippen molar-refractivity contribution in [3.8, 4) is 0 Å². The molecule has 0 aliphatic carbocycles. The smallest absolute Gasteiger partial charge is 0.338 e. The fourth-order valence-electron chi connectivity index (χ4n) is 5.34. The van der Waals surface area contributed by atoms with E-state index in [-0.39, 0.29) is 47.7 Å². The molecule has 0 amide bonds. The van der Waals surface area contributed by atoms with Crippen molar-refractivity contribution in [3.05, 3.63) is 127 Å². The molecular weight excluding hydrogens is 598 g/mol. The highest BCUT2D eigenvalue weighted by atomic mass is 16.6. The minimum absolute atomic E-state index is 0.0162. The van der Waals surface area contributed by atoms with Gasteiger partial charge in [0.05, 0.1) is 40.4 Å². The lowest BCUT2D eigenvalue weighted by Crippen LogP contribution is -2.36. The van der Waals surface area contributed by atoms with Crippen LogP contribution in [0.15, 0.2) is 95.1 Å². The van der Waals surface area contributed by atoms with E-state index in [4.69, 9.17) is 14.2 Å². The van der Waals surface area contributed by atoms with Gasteiger partial charge in [0.1, 0.15) is 12.0 Å². The third kappa shape index (κ3) is 7.49. The number of benzene rings is 3. The first kappa shape index (κ1) is 33.2. The molecule has 3 aromatic carbocycles. The van der Waals surface area contributed by atoms with E-state index in [1.165, 1.54) is 49.6 Å². The molecule has 1 heterocycles. The van der Waals surface area contributed by atoms with Gasteiger partial charge in [0.25, 0.3) is 11.4 Å². The highest BCUT2D eigenvalue weighted by Gasteiger charge is 2.43. The Morgan fingerprint density at radius 2 is 1.57 bits per heavy atom. The summed E-state index contributed by atoms with van der Waals surface area (Å²) < 4.78 is 16.3. The number of nitrogens with zero attached hydrogens (tertiary/aromatic N) is 3. The van der Waals surface area contributed by atoms with Crippen molar-refractivity contribution in [3.63, 3.8) is 0 Å². The quantitative estimate of drug-likeness (QED) is 0.0992. The molecule has 0 spiro atoms. The van der Waals surface area contributed by atoms with Gasteiger partial charge in [-0.1, -0.05) is 42.5 Å². The molecule has 0 radical (unpaired) electrons. The maximum atomic E-state index is 13.6. The Hall–Kier alpha value is -5.72. The first-order chi connectivity index (χ1) is 22.0. The van der Waals surface area contributed by atoms with Crippen LogP contribution in [0.1, 0.15) is 60.2 Å². The fourth-order valence-corrected chi connectivity index (χ4v) is 5.34. The maximum Gasteiger partial charge on any atom is 0.338 e. The van der Waals surface area contributed by atoms with Gasteiger partial charge in [-0.25, -0.2) is 9.59 Å². The summed E-state index contributed by atoms with van der Waals surface area (Å²) in [5.74, 6) is -4.24. The number of esters is 3. The molecule has 0 bridgehead atoms. The lowest BCUT2D eigenvalue weighted by Gasteiger charge is -2.32. The monoisotopic (exact) mass is 629 g/mol. The molecule has 4 rings (SSSR count). The largest absolute Gasteiger partial charge is 0.468 e. The number of hydrogen-bond acceptors (Lipinski definition) is 11. The van der Waals surface area contributed by atoms with E-state index in [2.05, 4.69) is 4.99 Å². The molecule has 1 aliphatic heterocycles. The third-order valence-electron chi connectivity index (χ3n) is 7.49. The van der Waals surface area contributed by atoms with Crippen molar-refractivity contribution in [2.24, 2.45) is 10.9 Å². The second-order valence-corrected chi connectivity index (χ2v) is 10.3. The van der Waals surface area contributed by atoms with Crippen LogP contribution in [-0.4, -0.2) is 47.2 Å². The second kappa shape index (κ2) is 14.8. The van der Waals surface area contributed by atoms with Gasteiger partial charge < -0.3 is 14.2 Å². The summed E-state index contributed by atoms with van der Waals surface area (Å²) in [4.78, 5) is 65.9. The van der Waals surface area contributed by atoms with E-state index in [1.807, 2.05) is 0 Å². The minimum Gasteiger partial charge on any atom is -0.468 e. The first-order valence-electron chi connectivity index (χ1n) is 14.3. The van der Waals surface area contributed by atoms with Crippen LogP contribution in [0.25, 0.3) is 0 Å². The highest BCUT2D eigenvalue weighted by Crippen LogP contribution is 2.43. The Bertz CT molecular complexity index is 1700. The van der Waals surface area contributed by atoms with E-state index in [0.29, 0.717) is 16.8 Å². The number of aliphatic imine (C=N–C) groups is 1. The van der Waals surface area contributed by atoms with Gasteiger partial charge in [0.2, 0.25) is 0 Å². The number of carbonyl (C=O) groups is 3. The second-order valence-electron chi connectivity index (χ2n) is 10.3. The number of allylic oxidation sites excluding steroid dienone is 1. The third-order valence-corrected chi connectivity index (χ3v) is 7.49. The number of nitro benzene ring substituents is 2. The molecule has 0 fully saturated rings. The Balaban J connectivity index is 1.76. The summed E-state index contributed by atoms with van der Waals surface area (Å²) in [5.41, 5.74) is 1.30. The van der Waals surface area contributed by atoms with Crippen molar-refractivity contribution in [1.29, 1.82) is 0 Å². The molecule has 1 aliphatic rings. The van der Waals surface area contributed by atoms with Crippen molar-refractivity contribution in [1.82, 2.24) is 0 Å². The molecule has 13 nitrogen and oxygen atoms in total. The number of non-ortho nitro benzene ring substituents is 2. The van der Waals surface area contributed by atoms with Crippen molar-refractivity contribution in [2.75, 3.05) is 13.7 Å². The van der Waals surface area contributed by atoms with Crippen molar-refractivity contribution in [2.45, 2.75) is 38.7 Å². The van der Waals surface area contributed by atoms with Crippen LogP contribution in [0.5, 0.6) is 0 Å². The number of hydrogen-bond donors (Lipinski definition) is 0. The van der Waals surface area contributed by atoms with Crippen molar-refractivity contribution < 1.29 is 38.4 Å². The molecule has 238 valence electrons. The average Bonchev–Trinajstić information content (AvgIpc) is 3.06. The summed E-state index contributed by atoms with van der Waals surface area (Å²) in [6, 6.07) is 19.5. The van der Waals surface area contributed by atoms with E-state index >= 15 is 0 Å². The Morgan fingerprint density at radius 1 is 0.891 bits per heavy atom. The first-order valence-corrected chi connectivity index (χ1v) is 14.3. The van der Waals surface area contributed by atoms with Gasteiger partial charge in [0.15, 0.2) is 0 Å². The molecule has 0 saturated heterocycles. The van der Waals surface area contributed by atoms with Gasteiger partial charge in [-0.3, -0.25) is 30.0 Å². The predicted molar refractivity (Wildman–Crippen MR) is 165 cm³/mol.